The van der Waals surface area contributed by atoms with Crippen molar-refractivity contribution < 1.29 is 22.8 Å². The highest BCUT2D eigenvalue weighted by Crippen LogP contribution is 2.47. The van der Waals surface area contributed by atoms with Crippen LogP contribution in [0.4, 0.5) is 18.9 Å². The predicted molar refractivity (Wildman–Crippen MR) is 75.7 cm³/mol. The molecular formula is C14H13F3N2O2S. The van der Waals surface area contributed by atoms with Gasteiger partial charge in [-0.25, -0.2) is 13.2 Å². The number of rotatable bonds is 2. The van der Waals surface area contributed by atoms with E-state index >= 15 is 0 Å². The van der Waals surface area contributed by atoms with Crippen molar-refractivity contribution in [1.82, 2.24) is 4.90 Å². The molecule has 22 heavy (non-hydrogen) atoms. The fraction of sp³-hybridized carbons (Fsp3) is 0.429. The molecule has 118 valence electrons. The van der Waals surface area contributed by atoms with Gasteiger partial charge in [-0.2, -0.15) is 0 Å². The summed E-state index contributed by atoms with van der Waals surface area (Å²) in [4.78, 5) is 25.3. The Labute approximate surface area is 129 Å². The quantitative estimate of drug-likeness (QED) is 0.848. The van der Waals surface area contributed by atoms with Gasteiger partial charge in [-0.3, -0.25) is 9.59 Å². The minimum absolute atomic E-state index is 0.126. The zero-order valence-corrected chi connectivity index (χ0v) is 12.5. The van der Waals surface area contributed by atoms with Crippen molar-refractivity contribution in [3.05, 3.63) is 29.6 Å². The summed E-state index contributed by atoms with van der Waals surface area (Å²) in [6.45, 7) is 1.88. The van der Waals surface area contributed by atoms with Crippen molar-refractivity contribution in [1.29, 1.82) is 0 Å². The second kappa shape index (κ2) is 5.19. The van der Waals surface area contributed by atoms with Gasteiger partial charge in [-0.05, 0) is 25.5 Å². The number of carbonyl (C=O) groups excluding carboxylic acids is 2. The lowest BCUT2D eigenvalue weighted by molar-refractivity contribution is -0.135. The fourth-order valence-electron chi connectivity index (χ4n) is 2.85. The van der Waals surface area contributed by atoms with Crippen LogP contribution in [0.25, 0.3) is 0 Å². The van der Waals surface area contributed by atoms with Gasteiger partial charge in [0.15, 0.2) is 17.5 Å². The van der Waals surface area contributed by atoms with Crippen molar-refractivity contribution in [2.24, 2.45) is 0 Å². The van der Waals surface area contributed by atoms with Crippen LogP contribution >= 0.6 is 11.8 Å². The minimum atomic E-state index is -1.64. The number of fused-ring (bicyclic) bond motifs is 1. The number of thioether (sulfide) groups is 1. The summed E-state index contributed by atoms with van der Waals surface area (Å²) in [6, 6.07) is 0.957. The molecule has 1 aromatic carbocycles. The summed E-state index contributed by atoms with van der Waals surface area (Å²) < 4.78 is 39.7. The van der Waals surface area contributed by atoms with Crippen LogP contribution < -0.4 is 5.32 Å². The molecule has 2 atom stereocenters. The third-order valence-corrected chi connectivity index (χ3v) is 5.55. The van der Waals surface area contributed by atoms with Gasteiger partial charge in [-0.1, -0.05) is 0 Å². The van der Waals surface area contributed by atoms with E-state index < -0.39 is 40.0 Å². The van der Waals surface area contributed by atoms with E-state index in [2.05, 4.69) is 5.32 Å². The molecule has 1 N–H and O–H groups in total. The van der Waals surface area contributed by atoms with Crippen LogP contribution in [0.3, 0.4) is 0 Å². The summed E-state index contributed by atoms with van der Waals surface area (Å²) in [5.41, 5.74) is -0.436. The first-order valence-electron chi connectivity index (χ1n) is 6.74. The average molecular weight is 330 g/mol. The lowest BCUT2D eigenvalue weighted by Gasteiger charge is -2.29. The lowest BCUT2D eigenvalue weighted by Crippen LogP contribution is -2.48. The van der Waals surface area contributed by atoms with Crippen LogP contribution in [0.2, 0.25) is 0 Å². The number of benzene rings is 1. The van der Waals surface area contributed by atoms with E-state index in [0.29, 0.717) is 18.6 Å². The first-order valence-corrected chi connectivity index (χ1v) is 7.72. The first-order chi connectivity index (χ1) is 10.3. The third kappa shape index (κ3) is 2.25. The molecule has 2 amide bonds. The smallest absolute Gasteiger partial charge is 0.248 e. The number of carbonyl (C=O) groups is 2. The van der Waals surface area contributed by atoms with Crippen LogP contribution in [0.15, 0.2) is 12.1 Å². The Kier molecular flexibility index (Phi) is 3.58. The second-order valence-corrected chi connectivity index (χ2v) is 6.98. The molecule has 0 unspecified atom stereocenters. The molecule has 2 aliphatic rings. The average Bonchev–Trinajstić information content (AvgIpc) is 2.97. The highest BCUT2D eigenvalue weighted by molar-refractivity contribution is 8.01. The van der Waals surface area contributed by atoms with E-state index in [9.17, 15) is 22.8 Å². The molecule has 3 rings (SSSR count). The Morgan fingerprint density at radius 2 is 2.09 bits per heavy atom. The third-order valence-electron chi connectivity index (χ3n) is 4.04. The van der Waals surface area contributed by atoms with Crippen molar-refractivity contribution in [2.75, 3.05) is 11.1 Å². The molecular weight excluding hydrogens is 317 g/mol. The molecule has 2 aliphatic heterocycles. The molecule has 0 spiro atoms. The van der Waals surface area contributed by atoms with Crippen LogP contribution in [0.5, 0.6) is 0 Å². The van der Waals surface area contributed by atoms with Crippen molar-refractivity contribution in [2.45, 2.75) is 30.7 Å². The van der Waals surface area contributed by atoms with Gasteiger partial charge in [0.2, 0.25) is 11.8 Å². The molecule has 0 aliphatic carbocycles. The topological polar surface area (TPSA) is 49.4 Å². The van der Waals surface area contributed by atoms with E-state index in [1.807, 2.05) is 6.92 Å². The largest absolute Gasteiger partial charge is 0.322 e. The van der Waals surface area contributed by atoms with Gasteiger partial charge in [-0.15, -0.1) is 11.8 Å². The second-order valence-electron chi connectivity index (χ2n) is 5.48. The fourth-order valence-corrected chi connectivity index (χ4v) is 4.29. The molecule has 0 radical (unpaired) electrons. The summed E-state index contributed by atoms with van der Waals surface area (Å²) in [6.07, 6.45) is 1.02. The number of nitrogens with zero attached hydrogens (tertiary/aromatic N) is 1. The summed E-state index contributed by atoms with van der Waals surface area (Å²) in [5.74, 6) is -4.75. The van der Waals surface area contributed by atoms with Crippen LogP contribution in [0.1, 0.15) is 19.8 Å². The Morgan fingerprint density at radius 1 is 1.36 bits per heavy atom. The SMILES string of the molecule is C[C@]12CCC(=O)N1[C@@H](C(=O)Nc1ccc(F)c(F)c1F)CS2. The Balaban J connectivity index is 1.81. The molecule has 2 saturated heterocycles. The molecule has 2 fully saturated rings. The number of halogens is 3. The van der Waals surface area contributed by atoms with Crippen LogP contribution in [-0.4, -0.2) is 33.4 Å². The van der Waals surface area contributed by atoms with E-state index in [4.69, 9.17) is 0 Å². The zero-order chi connectivity index (χ0) is 16.1. The number of amides is 2. The normalized spacial score (nSPS) is 27.2. The molecule has 0 bridgehead atoms. The minimum Gasteiger partial charge on any atom is -0.322 e. The first kappa shape index (κ1) is 15.2. The highest BCUT2D eigenvalue weighted by Gasteiger charge is 2.52. The Hall–Kier alpha value is -1.70. The van der Waals surface area contributed by atoms with Crippen LogP contribution in [-0.2, 0) is 9.59 Å². The van der Waals surface area contributed by atoms with Crippen molar-refractivity contribution >= 4 is 29.3 Å². The standard InChI is InChI=1S/C14H13F3N2O2S/c1-14-5-4-10(20)19(14)9(6-22-14)13(21)18-8-3-2-7(15)11(16)12(8)17/h2-3,9H,4-6H2,1H3,(H,18,21)/t9-,14+/m1/s1. The van der Waals surface area contributed by atoms with E-state index in [0.717, 1.165) is 12.1 Å². The maximum Gasteiger partial charge on any atom is 0.248 e. The van der Waals surface area contributed by atoms with E-state index in [-0.39, 0.29) is 5.91 Å². The van der Waals surface area contributed by atoms with Gasteiger partial charge in [0.25, 0.3) is 0 Å². The molecule has 0 aromatic heterocycles. The maximum absolute atomic E-state index is 13.6. The molecule has 4 nitrogen and oxygen atoms in total. The van der Waals surface area contributed by atoms with Gasteiger partial charge in [0.05, 0.1) is 10.6 Å². The van der Waals surface area contributed by atoms with Crippen molar-refractivity contribution in [3.8, 4) is 0 Å². The number of anilines is 1. The van der Waals surface area contributed by atoms with Gasteiger partial charge in [0, 0.05) is 12.2 Å². The number of hydrogen-bond acceptors (Lipinski definition) is 3. The van der Waals surface area contributed by atoms with Crippen LogP contribution in [0, 0.1) is 17.5 Å². The molecule has 0 saturated carbocycles. The molecule has 1 aromatic rings. The summed E-state index contributed by atoms with van der Waals surface area (Å²) in [7, 11) is 0. The Bertz CT molecular complexity index is 670. The number of nitrogens with one attached hydrogen (secondary N) is 1. The summed E-state index contributed by atoms with van der Waals surface area (Å²) in [5, 5.41) is 2.24. The maximum atomic E-state index is 13.6. The van der Waals surface area contributed by atoms with E-state index in [1.54, 1.807) is 0 Å². The Morgan fingerprint density at radius 3 is 2.82 bits per heavy atom. The molecule has 2 heterocycles. The highest BCUT2D eigenvalue weighted by atomic mass is 32.2. The van der Waals surface area contributed by atoms with Crippen molar-refractivity contribution in [3.63, 3.8) is 0 Å². The van der Waals surface area contributed by atoms with Gasteiger partial charge >= 0.3 is 0 Å². The van der Waals surface area contributed by atoms with Gasteiger partial charge < -0.3 is 10.2 Å². The van der Waals surface area contributed by atoms with E-state index in [1.165, 1.54) is 16.7 Å². The number of hydrogen-bond donors (Lipinski definition) is 1. The van der Waals surface area contributed by atoms with Gasteiger partial charge in [0.1, 0.15) is 6.04 Å². The summed E-state index contributed by atoms with van der Waals surface area (Å²) >= 11 is 1.49. The predicted octanol–water partition coefficient (Wildman–Crippen LogP) is 2.50. The molecule has 8 heteroatoms. The lowest BCUT2D eigenvalue weighted by atomic mass is 10.2. The zero-order valence-electron chi connectivity index (χ0n) is 11.7. The monoisotopic (exact) mass is 330 g/mol.